The smallest absolute Gasteiger partial charge is 0.335 e. The summed E-state index contributed by atoms with van der Waals surface area (Å²) in [5.74, 6) is -0.884. The Labute approximate surface area is 212 Å². The van der Waals surface area contributed by atoms with Crippen molar-refractivity contribution in [1.29, 1.82) is 0 Å². The van der Waals surface area contributed by atoms with Crippen molar-refractivity contribution in [1.82, 2.24) is 0 Å². The van der Waals surface area contributed by atoms with Crippen LogP contribution in [-0.2, 0) is 19.3 Å². The van der Waals surface area contributed by atoms with Crippen LogP contribution in [0.25, 0.3) is 32.3 Å². The maximum Gasteiger partial charge on any atom is 0.335 e. The number of rotatable bonds is 4. The van der Waals surface area contributed by atoms with Gasteiger partial charge in [-0.1, -0.05) is 86.1 Å². The van der Waals surface area contributed by atoms with Gasteiger partial charge in [0, 0.05) is 6.04 Å². The molecule has 1 atom stereocenters. The first-order valence-corrected chi connectivity index (χ1v) is 13.0. The average Bonchev–Trinajstić information content (AvgIpc) is 2.91. The Kier molecular flexibility index (Phi) is 7.02. The molecule has 1 aliphatic carbocycles. The number of hydrogen-bond acceptors (Lipinski definition) is 2. The van der Waals surface area contributed by atoms with Crippen LogP contribution in [0.1, 0.15) is 53.2 Å². The topological polar surface area (TPSA) is 63.3 Å². The maximum absolute atomic E-state index is 10.6. The highest BCUT2D eigenvalue weighted by molar-refractivity contribution is 6.09. The van der Waals surface area contributed by atoms with Gasteiger partial charge in [0.2, 0.25) is 0 Å². The number of nitrogens with two attached hydrogens (primary N) is 1. The zero-order chi connectivity index (χ0) is 25.1. The summed E-state index contributed by atoms with van der Waals surface area (Å²) in [6, 6.07) is 29.3. The van der Waals surface area contributed by atoms with Crippen LogP contribution >= 0.6 is 0 Å². The molecule has 0 bridgehead atoms. The predicted molar refractivity (Wildman–Crippen MR) is 151 cm³/mol. The minimum absolute atomic E-state index is 0.332. The largest absolute Gasteiger partial charge is 0.478 e. The number of benzene rings is 5. The van der Waals surface area contributed by atoms with Crippen LogP contribution in [0.4, 0.5) is 0 Å². The third-order valence-electron chi connectivity index (χ3n) is 7.40. The van der Waals surface area contributed by atoms with E-state index in [0.717, 1.165) is 30.0 Å². The Morgan fingerprint density at radius 1 is 0.861 bits per heavy atom. The first-order chi connectivity index (χ1) is 17.5. The van der Waals surface area contributed by atoms with E-state index in [-0.39, 0.29) is 0 Å². The maximum atomic E-state index is 10.6. The van der Waals surface area contributed by atoms with Crippen LogP contribution in [0.5, 0.6) is 0 Å². The molecule has 0 radical (unpaired) electrons. The van der Waals surface area contributed by atoms with Gasteiger partial charge in [0.15, 0.2) is 0 Å². The Morgan fingerprint density at radius 3 is 2.42 bits per heavy atom. The molecule has 0 amide bonds. The number of carboxylic acid groups (broad SMARTS) is 1. The first-order valence-electron chi connectivity index (χ1n) is 13.0. The minimum Gasteiger partial charge on any atom is -0.478 e. The Hall–Kier alpha value is -3.69. The molecular weight excluding hydrogens is 442 g/mol. The summed E-state index contributed by atoms with van der Waals surface area (Å²) in [5, 5.41) is 16.5. The molecule has 0 saturated carbocycles. The Bertz CT molecular complexity index is 1550. The number of aromatic carboxylic acids is 1. The third-order valence-corrected chi connectivity index (χ3v) is 7.40. The number of hydrogen-bond donors (Lipinski definition) is 2. The molecule has 3 nitrogen and oxygen atoms in total. The van der Waals surface area contributed by atoms with Gasteiger partial charge in [0.1, 0.15) is 0 Å². The first kappa shape index (κ1) is 24.0. The van der Waals surface area contributed by atoms with Gasteiger partial charge >= 0.3 is 5.97 Å². The molecule has 5 aromatic rings. The normalized spacial score (nSPS) is 14.9. The van der Waals surface area contributed by atoms with Gasteiger partial charge < -0.3 is 10.8 Å². The molecule has 0 saturated heterocycles. The molecule has 0 fully saturated rings. The summed E-state index contributed by atoms with van der Waals surface area (Å²) in [5.41, 5.74) is 11.0. The molecule has 3 heteroatoms. The molecule has 3 N–H and O–H groups in total. The summed E-state index contributed by atoms with van der Waals surface area (Å²) < 4.78 is 0. The van der Waals surface area contributed by atoms with Crippen molar-refractivity contribution >= 4 is 38.3 Å². The fourth-order valence-corrected chi connectivity index (χ4v) is 5.45. The summed E-state index contributed by atoms with van der Waals surface area (Å²) in [7, 11) is 0. The van der Waals surface area contributed by atoms with E-state index in [1.807, 2.05) is 30.3 Å². The second-order valence-corrected chi connectivity index (χ2v) is 9.85. The summed E-state index contributed by atoms with van der Waals surface area (Å²) >= 11 is 0. The lowest BCUT2D eigenvalue weighted by Crippen LogP contribution is -2.27. The second kappa shape index (κ2) is 10.5. The van der Waals surface area contributed by atoms with E-state index in [1.54, 1.807) is 12.1 Å². The molecule has 6 rings (SSSR count). The zero-order valence-corrected chi connectivity index (χ0v) is 20.8. The average molecular weight is 476 g/mol. The lowest BCUT2D eigenvalue weighted by molar-refractivity contribution is 0.0697. The quantitative estimate of drug-likeness (QED) is 0.262. The van der Waals surface area contributed by atoms with E-state index >= 15 is 0 Å². The molecule has 0 spiro atoms. The number of aryl methyl sites for hydroxylation is 2. The number of carbonyl (C=O) groups is 1. The van der Waals surface area contributed by atoms with Gasteiger partial charge in [-0.3, -0.25) is 0 Å². The van der Waals surface area contributed by atoms with Gasteiger partial charge in [-0.25, -0.2) is 4.79 Å². The van der Waals surface area contributed by atoms with Crippen LogP contribution in [0.2, 0.25) is 0 Å². The van der Waals surface area contributed by atoms with Crippen molar-refractivity contribution in [2.45, 2.75) is 51.5 Å². The lowest BCUT2D eigenvalue weighted by Gasteiger charge is -2.23. The van der Waals surface area contributed by atoms with Crippen molar-refractivity contribution in [2.24, 2.45) is 5.73 Å². The molecule has 182 valence electrons. The lowest BCUT2D eigenvalue weighted by atomic mass is 9.84. The Morgan fingerprint density at radius 2 is 1.61 bits per heavy atom. The molecular formula is C33H33NO2. The highest BCUT2D eigenvalue weighted by Crippen LogP contribution is 2.34. The van der Waals surface area contributed by atoms with E-state index in [4.69, 9.17) is 10.8 Å². The highest BCUT2D eigenvalue weighted by atomic mass is 16.4. The Balaban J connectivity index is 0.000000174. The van der Waals surface area contributed by atoms with Gasteiger partial charge in [-0.15, -0.1) is 0 Å². The van der Waals surface area contributed by atoms with Crippen LogP contribution in [0, 0.1) is 0 Å². The molecule has 0 heterocycles. The monoisotopic (exact) mass is 475 g/mol. The van der Waals surface area contributed by atoms with E-state index in [1.165, 1.54) is 57.5 Å². The zero-order valence-electron chi connectivity index (χ0n) is 20.8. The van der Waals surface area contributed by atoms with Gasteiger partial charge in [-0.2, -0.15) is 0 Å². The van der Waals surface area contributed by atoms with Crippen molar-refractivity contribution in [3.63, 3.8) is 0 Å². The van der Waals surface area contributed by atoms with E-state index < -0.39 is 5.97 Å². The van der Waals surface area contributed by atoms with Crippen molar-refractivity contribution < 1.29 is 9.90 Å². The molecule has 1 aliphatic rings. The molecule has 0 aromatic heterocycles. The standard InChI is InChI=1S/C22H25N.C11H8O2/c1-2-3-5-15-6-4-7-20-18(15)12-13-21-19-11-9-17(23)14-16(19)8-10-22(20)21;12-11(13)10-6-5-8-3-1-2-4-9(8)7-10/h4,6-8,10,12-13,17H,2-3,5,9,11,14,23H2,1H3;1-7H,(H,12,13). The van der Waals surface area contributed by atoms with Crippen LogP contribution < -0.4 is 5.73 Å². The summed E-state index contributed by atoms with van der Waals surface area (Å²) in [6.45, 7) is 2.26. The van der Waals surface area contributed by atoms with Gasteiger partial charge in [0.05, 0.1) is 5.56 Å². The van der Waals surface area contributed by atoms with Gasteiger partial charge in [-0.05, 0) is 93.2 Å². The summed E-state index contributed by atoms with van der Waals surface area (Å²) in [6.07, 6.45) is 6.95. The fourth-order valence-electron chi connectivity index (χ4n) is 5.45. The molecule has 5 aromatic carbocycles. The van der Waals surface area contributed by atoms with Crippen molar-refractivity contribution in [2.75, 3.05) is 0 Å². The minimum atomic E-state index is -0.884. The van der Waals surface area contributed by atoms with Crippen LogP contribution in [-0.4, -0.2) is 17.1 Å². The third kappa shape index (κ3) is 4.84. The van der Waals surface area contributed by atoms with E-state index in [2.05, 4.69) is 49.4 Å². The number of unbranched alkanes of at least 4 members (excludes halogenated alkanes) is 1. The fraction of sp³-hybridized carbons (Fsp3) is 0.242. The molecule has 36 heavy (non-hydrogen) atoms. The van der Waals surface area contributed by atoms with Crippen LogP contribution in [0.3, 0.4) is 0 Å². The highest BCUT2D eigenvalue weighted by Gasteiger charge is 2.18. The second-order valence-electron chi connectivity index (χ2n) is 9.85. The molecule has 1 unspecified atom stereocenters. The SMILES string of the molecule is CCCCc1cccc2c1ccc1c3c(ccc12)CC(N)CC3.O=C(O)c1ccc2ccccc2c1. The molecule has 0 aliphatic heterocycles. The summed E-state index contributed by atoms with van der Waals surface area (Å²) in [4.78, 5) is 10.6. The predicted octanol–water partition coefficient (Wildman–Crippen LogP) is 7.69. The van der Waals surface area contributed by atoms with E-state index in [9.17, 15) is 4.79 Å². The van der Waals surface area contributed by atoms with E-state index in [0.29, 0.717) is 11.6 Å². The number of fused-ring (bicyclic) bond motifs is 6. The van der Waals surface area contributed by atoms with Crippen molar-refractivity contribution in [3.05, 3.63) is 107 Å². The number of carboxylic acids is 1. The van der Waals surface area contributed by atoms with Crippen LogP contribution in [0.15, 0.2) is 84.9 Å². The van der Waals surface area contributed by atoms with Gasteiger partial charge in [0.25, 0.3) is 0 Å². The van der Waals surface area contributed by atoms with Crippen molar-refractivity contribution in [3.8, 4) is 0 Å².